The van der Waals surface area contributed by atoms with E-state index in [0.29, 0.717) is 29.0 Å². The summed E-state index contributed by atoms with van der Waals surface area (Å²) in [5.74, 6) is 2.11. The summed E-state index contributed by atoms with van der Waals surface area (Å²) in [7, 11) is 5.51. The fourth-order valence-electron chi connectivity index (χ4n) is 3.15. The molecule has 0 N–H and O–H groups in total. The van der Waals surface area contributed by atoms with Crippen molar-refractivity contribution in [2.24, 2.45) is 5.92 Å². The molecule has 1 aromatic carbocycles. The molecule has 0 radical (unpaired) electrons. The van der Waals surface area contributed by atoms with E-state index in [0.717, 1.165) is 26.1 Å². The molecular weight excluding hydrogens is 334 g/mol. The van der Waals surface area contributed by atoms with Crippen LogP contribution < -0.4 is 9.47 Å². The first kappa shape index (κ1) is 18.3. The number of oxazole rings is 1. The van der Waals surface area contributed by atoms with Gasteiger partial charge in [-0.1, -0.05) is 6.07 Å². The van der Waals surface area contributed by atoms with Crippen LogP contribution in [0.15, 0.2) is 34.9 Å². The van der Waals surface area contributed by atoms with Crippen LogP contribution in [-0.4, -0.2) is 61.5 Å². The number of likely N-dealkylation sites (tertiary alicyclic amines) is 1. The van der Waals surface area contributed by atoms with Gasteiger partial charge in [0.25, 0.3) is 5.91 Å². The van der Waals surface area contributed by atoms with Crippen LogP contribution in [-0.2, 0) is 6.61 Å². The van der Waals surface area contributed by atoms with E-state index in [1.54, 1.807) is 18.1 Å². The largest absolute Gasteiger partial charge is 0.497 e. The molecule has 1 atom stereocenters. The second-order valence-electron chi connectivity index (χ2n) is 6.70. The zero-order valence-corrected chi connectivity index (χ0v) is 15.5. The molecule has 1 fully saturated rings. The second-order valence-corrected chi connectivity index (χ2v) is 6.70. The average molecular weight is 359 g/mol. The van der Waals surface area contributed by atoms with E-state index in [-0.39, 0.29) is 12.5 Å². The highest BCUT2D eigenvalue weighted by molar-refractivity contribution is 5.91. The average Bonchev–Trinajstić information content (AvgIpc) is 3.28. The highest BCUT2D eigenvalue weighted by atomic mass is 16.5. The quantitative estimate of drug-likeness (QED) is 0.756. The van der Waals surface area contributed by atoms with Crippen LogP contribution in [0.1, 0.15) is 22.8 Å². The first-order chi connectivity index (χ1) is 12.5. The van der Waals surface area contributed by atoms with Crippen LogP contribution in [0.25, 0.3) is 0 Å². The number of benzene rings is 1. The lowest BCUT2D eigenvalue weighted by Gasteiger charge is -2.20. The van der Waals surface area contributed by atoms with Crippen molar-refractivity contribution in [3.05, 3.63) is 42.1 Å². The van der Waals surface area contributed by atoms with E-state index in [9.17, 15) is 4.79 Å². The number of hydrogen-bond acceptors (Lipinski definition) is 6. The van der Waals surface area contributed by atoms with Crippen molar-refractivity contribution >= 4 is 5.91 Å². The second kappa shape index (κ2) is 8.23. The summed E-state index contributed by atoms with van der Waals surface area (Å²) in [6.07, 6.45) is 2.51. The zero-order chi connectivity index (χ0) is 18.5. The standard InChI is InChI=1S/C19H25N3O4/c1-21-8-7-14(10-21)11-22(2)19(23)17-12-26-18(20-17)13-25-16-6-4-5-15(9-16)24-3/h4-6,9,12,14H,7-8,10-11,13H2,1-3H3/t14-/m1/s1. The van der Waals surface area contributed by atoms with Gasteiger partial charge in [-0.25, -0.2) is 4.98 Å². The summed E-state index contributed by atoms with van der Waals surface area (Å²) in [6.45, 7) is 2.99. The Morgan fingerprint density at radius 3 is 2.96 bits per heavy atom. The van der Waals surface area contributed by atoms with Gasteiger partial charge in [0.2, 0.25) is 5.89 Å². The Morgan fingerprint density at radius 2 is 2.23 bits per heavy atom. The monoisotopic (exact) mass is 359 g/mol. The third-order valence-electron chi connectivity index (χ3n) is 4.54. The van der Waals surface area contributed by atoms with Crippen molar-refractivity contribution in [2.75, 3.05) is 40.8 Å². The molecule has 26 heavy (non-hydrogen) atoms. The van der Waals surface area contributed by atoms with Gasteiger partial charge in [-0.3, -0.25) is 4.79 Å². The third-order valence-corrected chi connectivity index (χ3v) is 4.54. The van der Waals surface area contributed by atoms with Crippen molar-refractivity contribution in [3.63, 3.8) is 0 Å². The van der Waals surface area contributed by atoms with Crippen LogP contribution in [0.5, 0.6) is 11.5 Å². The van der Waals surface area contributed by atoms with Gasteiger partial charge in [0.05, 0.1) is 7.11 Å². The molecule has 0 aliphatic carbocycles. The Hall–Kier alpha value is -2.54. The van der Waals surface area contributed by atoms with Gasteiger partial charge >= 0.3 is 0 Å². The summed E-state index contributed by atoms with van der Waals surface area (Å²) >= 11 is 0. The Kier molecular flexibility index (Phi) is 5.78. The minimum absolute atomic E-state index is 0.129. The lowest BCUT2D eigenvalue weighted by atomic mass is 10.1. The zero-order valence-electron chi connectivity index (χ0n) is 15.5. The van der Waals surface area contributed by atoms with E-state index in [4.69, 9.17) is 13.9 Å². The molecule has 0 bridgehead atoms. The third kappa shape index (κ3) is 4.54. The Balaban J connectivity index is 1.54. The topological polar surface area (TPSA) is 68.0 Å². The SMILES string of the molecule is COc1cccc(OCc2nc(C(=O)N(C)C[C@@H]3CCN(C)C3)co2)c1. The molecule has 1 aromatic heterocycles. The maximum absolute atomic E-state index is 12.5. The number of carbonyl (C=O) groups excluding carboxylic acids is 1. The van der Waals surface area contributed by atoms with E-state index >= 15 is 0 Å². The van der Waals surface area contributed by atoms with Crippen LogP contribution in [0.3, 0.4) is 0 Å². The number of hydrogen-bond donors (Lipinski definition) is 0. The maximum atomic E-state index is 12.5. The Morgan fingerprint density at radius 1 is 1.42 bits per heavy atom. The fourth-order valence-corrected chi connectivity index (χ4v) is 3.15. The lowest BCUT2D eigenvalue weighted by Crippen LogP contribution is -2.33. The van der Waals surface area contributed by atoms with Crippen molar-refractivity contribution in [2.45, 2.75) is 13.0 Å². The van der Waals surface area contributed by atoms with Crippen molar-refractivity contribution in [3.8, 4) is 11.5 Å². The summed E-state index contributed by atoms with van der Waals surface area (Å²) < 4.78 is 16.2. The number of nitrogens with zero attached hydrogens (tertiary/aromatic N) is 3. The predicted molar refractivity (Wildman–Crippen MR) is 96.4 cm³/mol. The number of rotatable bonds is 7. The Bertz CT molecular complexity index is 746. The van der Waals surface area contributed by atoms with Gasteiger partial charge in [-0.15, -0.1) is 0 Å². The molecule has 7 heteroatoms. The predicted octanol–water partition coefficient (Wildman–Crippen LogP) is 2.29. The minimum atomic E-state index is -0.129. The molecule has 7 nitrogen and oxygen atoms in total. The normalized spacial score (nSPS) is 17.3. The molecule has 0 unspecified atom stereocenters. The van der Waals surface area contributed by atoms with Gasteiger partial charge < -0.3 is 23.7 Å². The van der Waals surface area contributed by atoms with Gasteiger partial charge in [0, 0.05) is 26.2 Å². The van der Waals surface area contributed by atoms with Gasteiger partial charge in [-0.05, 0) is 38.1 Å². The van der Waals surface area contributed by atoms with Gasteiger partial charge in [-0.2, -0.15) is 0 Å². The minimum Gasteiger partial charge on any atom is -0.497 e. The summed E-state index contributed by atoms with van der Waals surface area (Å²) in [6, 6.07) is 7.28. The van der Waals surface area contributed by atoms with Crippen molar-refractivity contribution < 1.29 is 18.7 Å². The first-order valence-electron chi connectivity index (χ1n) is 8.70. The van der Waals surface area contributed by atoms with Gasteiger partial charge in [0.15, 0.2) is 12.3 Å². The van der Waals surface area contributed by atoms with Gasteiger partial charge in [0.1, 0.15) is 17.8 Å². The smallest absolute Gasteiger partial charge is 0.275 e. The molecule has 140 valence electrons. The first-order valence-corrected chi connectivity index (χ1v) is 8.70. The van der Waals surface area contributed by atoms with Crippen LogP contribution in [0, 0.1) is 5.92 Å². The molecule has 1 aliphatic heterocycles. The molecule has 1 saturated heterocycles. The highest BCUT2D eigenvalue weighted by Crippen LogP contribution is 2.20. The van der Waals surface area contributed by atoms with E-state index < -0.39 is 0 Å². The number of amides is 1. The van der Waals surface area contributed by atoms with E-state index in [1.807, 2.05) is 25.2 Å². The van der Waals surface area contributed by atoms with Crippen molar-refractivity contribution in [1.29, 1.82) is 0 Å². The summed E-state index contributed by atoms with van der Waals surface area (Å²) in [4.78, 5) is 20.8. The number of aromatic nitrogens is 1. The molecule has 3 rings (SSSR count). The number of carbonyl (C=O) groups is 1. The van der Waals surface area contributed by atoms with Crippen LogP contribution >= 0.6 is 0 Å². The number of methoxy groups -OCH3 is 1. The molecule has 2 aromatic rings. The molecule has 2 heterocycles. The highest BCUT2D eigenvalue weighted by Gasteiger charge is 2.24. The van der Waals surface area contributed by atoms with Crippen LogP contribution in [0.2, 0.25) is 0 Å². The van der Waals surface area contributed by atoms with E-state index in [2.05, 4.69) is 16.9 Å². The van der Waals surface area contributed by atoms with Crippen LogP contribution in [0.4, 0.5) is 0 Å². The van der Waals surface area contributed by atoms with E-state index in [1.165, 1.54) is 6.26 Å². The molecule has 1 amide bonds. The number of ether oxygens (including phenoxy) is 2. The maximum Gasteiger partial charge on any atom is 0.275 e. The van der Waals surface area contributed by atoms with Crippen molar-refractivity contribution in [1.82, 2.24) is 14.8 Å². The summed E-state index contributed by atoms with van der Waals surface area (Å²) in [5.41, 5.74) is 0.308. The molecule has 1 aliphatic rings. The molecule has 0 saturated carbocycles. The molecular formula is C19H25N3O4. The fraction of sp³-hybridized carbons (Fsp3) is 0.474. The lowest BCUT2D eigenvalue weighted by molar-refractivity contribution is 0.0768. The summed E-state index contributed by atoms with van der Waals surface area (Å²) in [5, 5.41) is 0. The Labute approximate surface area is 153 Å². The molecule has 0 spiro atoms.